The third-order valence-electron chi connectivity index (χ3n) is 4.84. The molecule has 0 unspecified atom stereocenters. The third kappa shape index (κ3) is 4.70. The molecule has 1 saturated heterocycles. The number of ether oxygens (including phenoxy) is 1. The lowest BCUT2D eigenvalue weighted by atomic mass is 10.2. The molecule has 1 aliphatic rings. The first kappa shape index (κ1) is 19.0. The van der Waals surface area contributed by atoms with Gasteiger partial charge in [-0.2, -0.15) is 0 Å². The number of amides is 1. The number of nitrogens with zero attached hydrogens (tertiary/aromatic N) is 3. The molecule has 6 nitrogen and oxygen atoms in total. The number of nitrogens with one attached hydrogen (secondary N) is 1. The van der Waals surface area contributed by atoms with Crippen LogP contribution in [0.25, 0.3) is 0 Å². The molecule has 1 aromatic heterocycles. The first-order valence-electron chi connectivity index (χ1n) is 9.59. The standard InChI is InChI=1S/C21H28N4O2/c1-3-4-9-23-18-14-17(15-22-16-18)21(26)25-12-10-24(11-13-25)19-7-5-6-8-20(19)27-2/h5-8,14-16,23H,3-4,9-13H2,1-2H3. The van der Waals surface area contributed by atoms with Crippen molar-refractivity contribution in [1.82, 2.24) is 9.88 Å². The average molecular weight is 368 g/mol. The average Bonchev–Trinajstić information content (AvgIpc) is 2.74. The normalized spacial score (nSPS) is 14.1. The van der Waals surface area contributed by atoms with Crippen LogP contribution >= 0.6 is 0 Å². The zero-order valence-corrected chi connectivity index (χ0v) is 16.1. The number of pyridine rings is 1. The lowest BCUT2D eigenvalue weighted by Crippen LogP contribution is -2.48. The van der Waals surface area contributed by atoms with E-state index in [4.69, 9.17) is 4.74 Å². The van der Waals surface area contributed by atoms with Crippen LogP contribution in [-0.2, 0) is 0 Å². The second-order valence-electron chi connectivity index (χ2n) is 6.69. The van der Waals surface area contributed by atoms with Gasteiger partial charge in [0.15, 0.2) is 0 Å². The lowest BCUT2D eigenvalue weighted by Gasteiger charge is -2.36. The SMILES string of the molecule is CCCCNc1cncc(C(=O)N2CCN(c3ccccc3OC)CC2)c1. The molecule has 27 heavy (non-hydrogen) atoms. The predicted octanol–water partition coefficient (Wildman–Crippen LogP) is 3.26. The number of hydrogen-bond donors (Lipinski definition) is 1. The molecular weight excluding hydrogens is 340 g/mol. The van der Waals surface area contributed by atoms with E-state index in [1.54, 1.807) is 19.5 Å². The summed E-state index contributed by atoms with van der Waals surface area (Å²) in [4.78, 5) is 21.3. The molecule has 0 radical (unpaired) electrons. The highest BCUT2D eigenvalue weighted by atomic mass is 16.5. The molecule has 0 aliphatic carbocycles. The number of para-hydroxylation sites is 2. The number of piperazine rings is 1. The van der Waals surface area contributed by atoms with Gasteiger partial charge in [0, 0.05) is 45.1 Å². The second kappa shape index (κ2) is 9.26. The maximum Gasteiger partial charge on any atom is 0.255 e. The van der Waals surface area contributed by atoms with Gasteiger partial charge in [-0.3, -0.25) is 9.78 Å². The van der Waals surface area contributed by atoms with E-state index in [0.29, 0.717) is 18.7 Å². The highest BCUT2D eigenvalue weighted by Gasteiger charge is 2.24. The molecule has 1 amide bonds. The summed E-state index contributed by atoms with van der Waals surface area (Å²) in [6.45, 7) is 5.99. The minimum absolute atomic E-state index is 0.0429. The fourth-order valence-corrected chi connectivity index (χ4v) is 3.29. The number of hydrogen-bond acceptors (Lipinski definition) is 5. The van der Waals surface area contributed by atoms with E-state index in [1.165, 1.54) is 0 Å². The van der Waals surface area contributed by atoms with Crippen molar-refractivity contribution in [1.29, 1.82) is 0 Å². The number of anilines is 2. The minimum atomic E-state index is 0.0429. The Morgan fingerprint density at radius 2 is 1.96 bits per heavy atom. The van der Waals surface area contributed by atoms with Gasteiger partial charge in [0.1, 0.15) is 5.75 Å². The van der Waals surface area contributed by atoms with E-state index in [2.05, 4.69) is 28.2 Å². The summed E-state index contributed by atoms with van der Waals surface area (Å²) in [5.41, 5.74) is 2.63. The zero-order valence-electron chi connectivity index (χ0n) is 16.1. The Morgan fingerprint density at radius 1 is 1.19 bits per heavy atom. The van der Waals surface area contributed by atoms with Gasteiger partial charge in [-0.05, 0) is 24.6 Å². The van der Waals surface area contributed by atoms with Crippen molar-refractivity contribution in [2.45, 2.75) is 19.8 Å². The Morgan fingerprint density at radius 3 is 2.70 bits per heavy atom. The minimum Gasteiger partial charge on any atom is -0.495 e. The van der Waals surface area contributed by atoms with Crippen molar-refractivity contribution in [2.24, 2.45) is 0 Å². The Balaban J connectivity index is 1.61. The molecular formula is C21H28N4O2. The fourth-order valence-electron chi connectivity index (χ4n) is 3.29. The van der Waals surface area contributed by atoms with Crippen LogP contribution in [0.2, 0.25) is 0 Å². The largest absolute Gasteiger partial charge is 0.495 e. The number of carbonyl (C=O) groups excluding carboxylic acids is 1. The summed E-state index contributed by atoms with van der Waals surface area (Å²) in [6, 6.07) is 9.91. The number of benzene rings is 1. The summed E-state index contributed by atoms with van der Waals surface area (Å²) in [7, 11) is 1.69. The van der Waals surface area contributed by atoms with Crippen LogP contribution in [-0.4, -0.2) is 55.6 Å². The molecule has 2 aromatic rings. The van der Waals surface area contributed by atoms with Crippen LogP contribution in [0.5, 0.6) is 5.75 Å². The first-order chi connectivity index (χ1) is 13.2. The molecule has 6 heteroatoms. The number of methoxy groups -OCH3 is 1. The van der Waals surface area contributed by atoms with E-state index < -0.39 is 0 Å². The molecule has 0 atom stereocenters. The van der Waals surface area contributed by atoms with E-state index in [9.17, 15) is 4.79 Å². The van der Waals surface area contributed by atoms with Crippen molar-refractivity contribution >= 4 is 17.3 Å². The highest BCUT2D eigenvalue weighted by molar-refractivity contribution is 5.95. The number of unbranched alkanes of at least 4 members (excludes halogenated alkanes) is 1. The van der Waals surface area contributed by atoms with Crippen LogP contribution in [0.15, 0.2) is 42.7 Å². The summed E-state index contributed by atoms with van der Waals surface area (Å²) in [5.74, 6) is 0.911. The topological polar surface area (TPSA) is 57.7 Å². The summed E-state index contributed by atoms with van der Waals surface area (Å²) in [5, 5.41) is 3.33. The van der Waals surface area contributed by atoms with Gasteiger partial charge in [0.25, 0.3) is 5.91 Å². The van der Waals surface area contributed by atoms with Gasteiger partial charge < -0.3 is 19.9 Å². The van der Waals surface area contributed by atoms with Gasteiger partial charge in [-0.25, -0.2) is 0 Å². The third-order valence-corrected chi connectivity index (χ3v) is 4.84. The van der Waals surface area contributed by atoms with Gasteiger partial charge in [-0.1, -0.05) is 25.5 Å². The Labute approximate surface area is 161 Å². The van der Waals surface area contributed by atoms with Gasteiger partial charge in [0.2, 0.25) is 0 Å². The molecule has 144 valence electrons. The van der Waals surface area contributed by atoms with Crippen LogP contribution in [0.3, 0.4) is 0 Å². The van der Waals surface area contributed by atoms with Crippen LogP contribution in [0, 0.1) is 0 Å². The molecule has 1 fully saturated rings. The first-order valence-corrected chi connectivity index (χ1v) is 9.59. The number of carbonyl (C=O) groups is 1. The van der Waals surface area contributed by atoms with Crippen LogP contribution in [0.1, 0.15) is 30.1 Å². The summed E-state index contributed by atoms with van der Waals surface area (Å²) >= 11 is 0. The Hall–Kier alpha value is -2.76. The molecule has 3 rings (SSSR count). The van der Waals surface area contributed by atoms with Gasteiger partial charge >= 0.3 is 0 Å². The van der Waals surface area contributed by atoms with Crippen molar-refractivity contribution in [3.05, 3.63) is 48.3 Å². The fraction of sp³-hybridized carbons (Fsp3) is 0.429. The van der Waals surface area contributed by atoms with Gasteiger partial charge in [0.05, 0.1) is 24.0 Å². The monoisotopic (exact) mass is 368 g/mol. The molecule has 1 aliphatic heterocycles. The maximum absolute atomic E-state index is 12.9. The molecule has 1 N–H and O–H groups in total. The number of rotatable bonds is 7. The second-order valence-corrected chi connectivity index (χ2v) is 6.69. The van der Waals surface area contributed by atoms with Crippen molar-refractivity contribution in [3.8, 4) is 5.75 Å². The lowest BCUT2D eigenvalue weighted by molar-refractivity contribution is 0.0746. The highest BCUT2D eigenvalue weighted by Crippen LogP contribution is 2.28. The summed E-state index contributed by atoms with van der Waals surface area (Å²) < 4.78 is 5.46. The van der Waals surface area contributed by atoms with Crippen molar-refractivity contribution in [3.63, 3.8) is 0 Å². The molecule has 2 heterocycles. The Kier molecular flexibility index (Phi) is 6.52. The van der Waals surface area contributed by atoms with E-state index in [1.807, 2.05) is 29.2 Å². The van der Waals surface area contributed by atoms with Crippen molar-refractivity contribution < 1.29 is 9.53 Å². The maximum atomic E-state index is 12.9. The van der Waals surface area contributed by atoms with E-state index in [0.717, 1.165) is 49.6 Å². The number of aromatic nitrogens is 1. The molecule has 0 spiro atoms. The molecule has 1 aromatic carbocycles. The van der Waals surface area contributed by atoms with E-state index in [-0.39, 0.29) is 5.91 Å². The smallest absolute Gasteiger partial charge is 0.255 e. The molecule has 0 saturated carbocycles. The predicted molar refractivity (Wildman–Crippen MR) is 109 cm³/mol. The quantitative estimate of drug-likeness (QED) is 0.760. The van der Waals surface area contributed by atoms with Gasteiger partial charge in [-0.15, -0.1) is 0 Å². The summed E-state index contributed by atoms with van der Waals surface area (Å²) in [6.07, 6.45) is 5.66. The van der Waals surface area contributed by atoms with Crippen LogP contribution in [0.4, 0.5) is 11.4 Å². The van der Waals surface area contributed by atoms with Crippen molar-refractivity contribution in [2.75, 3.05) is 50.1 Å². The Bertz CT molecular complexity index is 757. The molecule has 0 bridgehead atoms. The van der Waals surface area contributed by atoms with Crippen LogP contribution < -0.4 is 15.0 Å². The zero-order chi connectivity index (χ0) is 19.1. The van der Waals surface area contributed by atoms with E-state index >= 15 is 0 Å².